The molecule has 2 rings (SSSR count). The maximum Gasteiger partial charge on any atom is 0.0595 e. The average molecular weight is 308 g/mol. The second-order valence-electron chi connectivity index (χ2n) is 5.34. The third kappa shape index (κ3) is 3.99. The van der Waals surface area contributed by atoms with Gasteiger partial charge in [-0.25, -0.2) is 0 Å². The zero-order valence-corrected chi connectivity index (χ0v) is 13.3. The predicted octanol–water partition coefficient (Wildman–Crippen LogP) is 4.72. The molecular weight excluding hydrogens is 289 g/mol. The van der Waals surface area contributed by atoms with Gasteiger partial charge < -0.3 is 5.73 Å². The lowest BCUT2D eigenvalue weighted by Gasteiger charge is -2.13. The number of benzene rings is 2. The van der Waals surface area contributed by atoms with Crippen LogP contribution in [0.3, 0.4) is 0 Å². The molecule has 20 heavy (non-hydrogen) atoms. The number of hydrogen-bond donors (Lipinski definition) is 1. The Morgan fingerprint density at radius 3 is 2.05 bits per heavy atom. The summed E-state index contributed by atoms with van der Waals surface area (Å²) in [6.45, 7) is 4.25. The Morgan fingerprint density at radius 1 is 0.850 bits per heavy atom. The van der Waals surface area contributed by atoms with Crippen molar-refractivity contribution >= 4 is 23.2 Å². The van der Waals surface area contributed by atoms with E-state index in [0.717, 1.165) is 18.4 Å². The highest BCUT2D eigenvalue weighted by Gasteiger charge is 2.08. The number of halogens is 2. The average Bonchev–Trinajstić information content (AvgIpc) is 2.38. The van der Waals surface area contributed by atoms with Crippen LogP contribution < -0.4 is 5.73 Å². The molecule has 0 saturated heterocycles. The summed E-state index contributed by atoms with van der Waals surface area (Å²) >= 11 is 11.9. The Balaban J connectivity index is 2.02. The fourth-order valence-electron chi connectivity index (χ4n) is 2.27. The Bertz CT molecular complexity index is 554. The molecule has 2 N–H and O–H groups in total. The molecule has 1 atom stereocenters. The van der Waals surface area contributed by atoms with Crippen LogP contribution in [0.15, 0.2) is 36.4 Å². The van der Waals surface area contributed by atoms with E-state index in [1.54, 1.807) is 0 Å². The van der Waals surface area contributed by atoms with Gasteiger partial charge in [0.25, 0.3) is 0 Å². The Hall–Kier alpha value is -1.02. The summed E-state index contributed by atoms with van der Waals surface area (Å²) in [4.78, 5) is 0. The summed E-state index contributed by atoms with van der Waals surface area (Å²) in [5.41, 5.74) is 11.3. The smallest absolute Gasteiger partial charge is 0.0595 e. The first-order valence-corrected chi connectivity index (χ1v) is 7.47. The van der Waals surface area contributed by atoms with Crippen LogP contribution in [0.2, 0.25) is 10.0 Å². The Labute approximate surface area is 130 Å². The lowest BCUT2D eigenvalue weighted by Crippen LogP contribution is -2.25. The summed E-state index contributed by atoms with van der Waals surface area (Å²) in [5.74, 6) is 0. The Morgan fingerprint density at radius 2 is 1.45 bits per heavy atom. The molecule has 0 heterocycles. The van der Waals surface area contributed by atoms with E-state index in [0.29, 0.717) is 10.0 Å². The number of nitrogens with two attached hydrogens (primary N) is 1. The van der Waals surface area contributed by atoms with Gasteiger partial charge >= 0.3 is 0 Å². The molecule has 2 aromatic carbocycles. The van der Waals surface area contributed by atoms with Crippen molar-refractivity contribution in [3.63, 3.8) is 0 Å². The molecule has 0 radical (unpaired) electrons. The van der Waals surface area contributed by atoms with Crippen LogP contribution in [-0.4, -0.2) is 6.04 Å². The molecule has 0 spiro atoms. The van der Waals surface area contributed by atoms with Crippen molar-refractivity contribution in [2.45, 2.75) is 32.7 Å². The molecule has 1 nitrogen and oxygen atoms in total. The number of rotatable bonds is 4. The minimum atomic E-state index is 0.0781. The summed E-state index contributed by atoms with van der Waals surface area (Å²) in [7, 11) is 0. The van der Waals surface area contributed by atoms with E-state index in [9.17, 15) is 0 Å². The largest absolute Gasteiger partial charge is 0.327 e. The molecule has 106 valence electrons. The van der Waals surface area contributed by atoms with Crippen LogP contribution in [0.1, 0.15) is 22.3 Å². The quantitative estimate of drug-likeness (QED) is 0.868. The first kappa shape index (κ1) is 15.4. The fraction of sp³-hybridized carbons (Fsp3) is 0.294. The maximum atomic E-state index is 6.24. The molecule has 0 aliphatic carbocycles. The second-order valence-corrected chi connectivity index (χ2v) is 6.15. The molecule has 0 amide bonds. The molecular formula is C17H19Cl2N. The normalized spacial score (nSPS) is 12.4. The van der Waals surface area contributed by atoms with E-state index in [-0.39, 0.29) is 6.04 Å². The van der Waals surface area contributed by atoms with Gasteiger partial charge in [-0.1, -0.05) is 47.5 Å². The topological polar surface area (TPSA) is 26.0 Å². The van der Waals surface area contributed by atoms with Crippen LogP contribution in [0, 0.1) is 13.8 Å². The zero-order chi connectivity index (χ0) is 14.7. The van der Waals surface area contributed by atoms with Crippen molar-refractivity contribution in [2.24, 2.45) is 5.73 Å². The van der Waals surface area contributed by atoms with E-state index >= 15 is 0 Å². The van der Waals surface area contributed by atoms with E-state index in [1.807, 2.05) is 18.2 Å². The summed E-state index contributed by atoms with van der Waals surface area (Å²) < 4.78 is 0. The first-order chi connectivity index (χ1) is 9.45. The lowest BCUT2D eigenvalue weighted by molar-refractivity contribution is 0.664. The molecule has 0 saturated carbocycles. The highest BCUT2D eigenvalue weighted by Crippen LogP contribution is 2.23. The molecule has 0 fully saturated rings. The number of hydrogen-bond acceptors (Lipinski definition) is 1. The fourth-order valence-corrected chi connectivity index (χ4v) is 2.60. The number of aryl methyl sites for hydroxylation is 2. The van der Waals surface area contributed by atoms with Crippen LogP contribution in [-0.2, 0) is 12.8 Å². The van der Waals surface area contributed by atoms with Gasteiger partial charge in [-0.15, -0.1) is 0 Å². The van der Waals surface area contributed by atoms with Crippen molar-refractivity contribution < 1.29 is 0 Å². The molecule has 3 heteroatoms. The minimum absolute atomic E-state index is 0.0781. The van der Waals surface area contributed by atoms with E-state index in [2.05, 4.69) is 32.0 Å². The van der Waals surface area contributed by atoms with Crippen LogP contribution in [0.4, 0.5) is 0 Å². The third-order valence-electron chi connectivity index (χ3n) is 3.55. The first-order valence-electron chi connectivity index (χ1n) is 6.71. The van der Waals surface area contributed by atoms with Gasteiger partial charge in [0.2, 0.25) is 0 Å². The zero-order valence-electron chi connectivity index (χ0n) is 11.8. The van der Waals surface area contributed by atoms with Gasteiger partial charge in [-0.2, -0.15) is 0 Å². The highest BCUT2D eigenvalue weighted by atomic mass is 35.5. The second kappa shape index (κ2) is 6.62. The van der Waals surface area contributed by atoms with Gasteiger partial charge in [0.05, 0.1) is 10.0 Å². The highest BCUT2D eigenvalue weighted by molar-refractivity contribution is 6.42. The van der Waals surface area contributed by atoms with Gasteiger partial charge in [0.1, 0.15) is 0 Å². The summed E-state index contributed by atoms with van der Waals surface area (Å²) in [6, 6.07) is 12.3. The van der Waals surface area contributed by atoms with E-state index in [1.165, 1.54) is 16.7 Å². The van der Waals surface area contributed by atoms with Crippen LogP contribution >= 0.6 is 23.2 Å². The molecule has 0 aliphatic rings. The van der Waals surface area contributed by atoms with Gasteiger partial charge in [-0.05, 0) is 61.1 Å². The Kier molecular flexibility index (Phi) is 5.09. The van der Waals surface area contributed by atoms with Crippen molar-refractivity contribution in [1.82, 2.24) is 0 Å². The lowest BCUT2D eigenvalue weighted by atomic mass is 9.97. The predicted molar refractivity (Wildman–Crippen MR) is 87.8 cm³/mol. The van der Waals surface area contributed by atoms with Crippen LogP contribution in [0.25, 0.3) is 0 Å². The maximum absolute atomic E-state index is 6.24. The summed E-state index contributed by atoms with van der Waals surface area (Å²) in [6.07, 6.45) is 1.66. The van der Waals surface area contributed by atoms with E-state index < -0.39 is 0 Å². The standard InChI is InChI=1S/C17H19Cl2N/c1-11-3-4-13(7-12(11)2)8-15(20)9-14-5-6-16(18)17(19)10-14/h3-7,10,15H,8-9,20H2,1-2H3. The van der Waals surface area contributed by atoms with Crippen molar-refractivity contribution in [3.05, 3.63) is 68.7 Å². The minimum Gasteiger partial charge on any atom is -0.327 e. The van der Waals surface area contributed by atoms with Crippen molar-refractivity contribution in [2.75, 3.05) is 0 Å². The van der Waals surface area contributed by atoms with Gasteiger partial charge in [0, 0.05) is 6.04 Å². The molecule has 2 aromatic rings. The third-order valence-corrected chi connectivity index (χ3v) is 4.29. The van der Waals surface area contributed by atoms with Crippen molar-refractivity contribution in [1.29, 1.82) is 0 Å². The van der Waals surface area contributed by atoms with Crippen molar-refractivity contribution in [3.8, 4) is 0 Å². The van der Waals surface area contributed by atoms with Gasteiger partial charge in [-0.3, -0.25) is 0 Å². The molecule has 0 aliphatic heterocycles. The SMILES string of the molecule is Cc1ccc(CC(N)Cc2ccc(Cl)c(Cl)c2)cc1C. The monoisotopic (exact) mass is 307 g/mol. The molecule has 1 unspecified atom stereocenters. The summed E-state index contributed by atoms with van der Waals surface area (Å²) in [5, 5.41) is 1.17. The molecule has 0 aromatic heterocycles. The van der Waals surface area contributed by atoms with Gasteiger partial charge in [0.15, 0.2) is 0 Å². The van der Waals surface area contributed by atoms with Crippen LogP contribution in [0.5, 0.6) is 0 Å². The molecule has 0 bridgehead atoms. The van der Waals surface area contributed by atoms with E-state index in [4.69, 9.17) is 28.9 Å².